The highest BCUT2D eigenvalue weighted by Crippen LogP contribution is 2.31. The average Bonchev–Trinajstić information content (AvgIpc) is 3.58. The molecule has 0 aliphatic heterocycles. The number of benzene rings is 1. The van der Waals surface area contributed by atoms with Crippen LogP contribution in [0.4, 0.5) is 10.1 Å². The predicted molar refractivity (Wildman–Crippen MR) is 127 cm³/mol. The van der Waals surface area contributed by atoms with Crippen LogP contribution in [0.3, 0.4) is 0 Å². The lowest BCUT2D eigenvalue weighted by atomic mass is 10.0. The molecule has 2 heterocycles. The molecule has 182 valence electrons. The van der Waals surface area contributed by atoms with Crippen molar-refractivity contribution >= 4 is 35.0 Å². The Morgan fingerprint density at radius 1 is 1.17 bits per heavy atom. The number of anilines is 1. The number of carbonyl (C=O) groups is 3. The van der Waals surface area contributed by atoms with Gasteiger partial charge in [-0.15, -0.1) is 0 Å². The molecule has 2 aromatic heterocycles. The molecule has 10 heteroatoms. The van der Waals surface area contributed by atoms with E-state index in [0.29, 0.717) is 5.56 Å². The molecule has 0 saturated heterocycles. The Kier molecular flexibility index (Phi) is 7.77. The zero-order valence-electron chi connectivity index (χ0n) is 18.7. The number of amides is 3. The van der Waals surface area contributed by atoms with Gasteiger partial charge in [0.15, 0.2) is 5.76 Å². The first-order valence-electron chi connectivity index (χ1n) is 11.2. The van der Waals surface area contributed by atoms with Crippen molar-refractivity contribution in [2.45, 2.75) is 37.8 Å². The topological polar surface area (TPSA) is 105 Å². The van der Waals surface area contributed by atoms with Gasteiger partial charge in [0, 0.05) is 29.7 Å². The van der Waals surface area contributed by atoms with Crippen LogP contribution in [0.15, 0.2) is 65.5 Å². The van der Waals surface area contributed by atoms with Crippen molar-refractivity contribution in [2.75, 3.05) is 11.4 Å². The van der Waals surface area contributed by atoms with E-state index in [2.05, 4.69) is 15.6 Å². The van der Waals surface area contributed by atoms with Gasteiger partial charge in [-0.25, -0.2) is 4.39 Å². The minimum atomic E-state index is -1.13. The molecule has 35 heavy (non-hydrogen) atoms. The fourth-order valence-electron chi connectivity index (χ4n) is 4.11. The molecule has 0 unspecified atom stereocenters. The van der Waals surface area contributed by atoms with Gasteiger partial charge in [-0.3, -0.25) is 24.3 Å². The Bertz CT molecular complexity index is 1180. The summed E-state index contributed by atoms with van der Waals surface area (Å²) in [4.78, 5) is 44.7. The number of aromatic nitrogens is 1. The van der Waals surface area contributed by atoms with E-state index in [0.717, 1.165) is 31.7 Å². The third kappa shape index (κ3) is 5.86. The maximum Gasteiger partial charge on any atom is 0.287 e. The number of hydrogen-bond donors (Lipinski definition) is 2. The van der Waals surface area contributed by atoms with Crippen LogP contribution in [0.5, 0.6) is 0 Å². The highest BCUT2D eigenvalue weighted by Gasteiger charge is 2.35. The third-order valence-corrected chi connectivity index (χ3v) is 6.09. The summed E-state index contributed by atoms with van der Waals surface area (Å²) >= 11 is 6.02. The smallest absolute Gasteiger partial charge is 0.287 e. The van der Waals surface area contributed by atoms with Gasteiger partial charge in [-0.05, 0) is 49.2 Å². The Morgan fingerprint density at radius 3 is 2.63 bits per heavy atom. The quantitative estimate of drug-likeness (QED) is 0.488. The van der Waals surface area contributed by atoms with E-state index in [4.69, 9.17) is 16.0 Å². The van der Waals surface area contributed by atoms with Gasteiger partial charge in [0.1, 0.15) is 11.9 Å². The van der Waals surface area contributed by atoms with Crippen molar-refractivity contribution in [1.29, 1.82) is 0 Å². The molecule has 2 N–H and O–H groups in total. The van der Waals surface area contributed by atoms with E-state index in [1.165, 1.54) is 35.6 Å². The van der Waals surface area contributed by atoms with Gasteiger partial charge in [0.25, 0.3) is 5.91 Å². The molecule has 1 aliphatic carbocycles. The molecule has 3 amide bonds. The molecule has 1 atom stereocenters. The van der Waals surface area contributed by atoms with Crippen LogP contribution in [0, 0.1) is 5.82 Å². The molecule has 1 saturated carbocycles. The van der Waals surface area contributed by atoms with Crippen LogP contribution in [0.1, 0.15) is 47.8 Å². The van der Waals surface area contributed by atoms with Crippen LogP contribution < -0.4 is 15.5 Å². The highest BCUT2D eigenvalue weighted by atomic mass is 35.5. The van der Waals surface area contributed by atoms with Crippen molar-refractivity contribution < 1.29 is 23.2 Å². The maximum absolute atomic E-state index is 13.9. The van der Waals surface area contributed by atoms with E-state index in [-0.39, 0.29) is 22.5 Å². The van der Waals surface area contributed by atoms with Crippen molar-refractivity contribution in [3.8, 4) is 0 Å². The first-order chi connectivity index (χ1) is 16.9. The zero-order chi connectivity index (χ0) is 24.8. The summed E-state index contributed by atoms with van der Waals surface area (Å²) in [6.45, 7) is -0.442. The maximum atomic E-state index is 13.9. The van der Waals surface area contributed by atoms with E-state index in [1.807, 2.05) is 0 Å². The minimum absolute atomic E-state index is 0.00548. The number of carbonyl (C=O) groups excluding carboxylic acids is 3. The SMILES string of the molecule is O=C(NCC(=O)N(c1ccc(F)c(Cl)c1)[C@@H](C(=O)NC1CCCC1)c1cccnc1)c1ccco1. The Balaban J connectivity index is 1.69. The molecule has 1 fully saturated rings. The van der Waals surface area contributed by atoms with E-state index in [9.17, 15) is 18.8 Å². The fraction of sp³-hybridized carbons (Fsp3) is 0.280. The number of pyridine rings is 1. The number of nitrogens with one attached hydrogen (secondary N) is 2. The van der Waals surface area contributed by atoms with Gasteiger partial charge in [0.2, 0.25) is 11.8 Å². The molecular formula is C25H24ClFN4O4. The molecule has 4 rings (SSSR count). The van der Waals surface area contributed by atoms with Gasteiger partial charge in [-0.2, -0.15) is 0 Å². The standard InChI is InChI=1S/C25H24ClFN4O4/c26-19-13-18(9-10-20(19)27)31(22(32)15-29-24(33)21-8-4-12-35-21)23(16-5-3-11-28-14-16)25(34)30-17-6-1-2-7-17/h3-5,8-14,17,23H,1-2,6-7,15H2,(H,29,33)(H,30,34)/t23-/m1/s1. The second-order valence-electron chi connectivity index (χ2n) is 8.20. The predicted octanol–water partition coefficient (Wildman–Crippen LogP) is 4.03. The molecule has 0 spiro atoms. The van der Waals surface area contributed by atoms with Crippen molar-refractivity contribution in [1.82, 2.24) is 15.6 Å². The van der Waals surface area contributed by atoms with Crippen LogP contribution in [0.25, 0.3) is 0 Å². The number of furan rings is 1. The van der Waals surface area contributed by atoms with Crippen molar-refractivity contribution in [2.24, 2.45) is 0 Å². The van der Waals surface area contributed by atoms with Crippen LogP contribution in [-0.2, 0) is 9.59 Å². The number of nitrogens with zero attached hydrogens (tertiary/aromatic N) is 2. The lowest BCUT2D eigenvalue weighted by Crippen LogP contribution is -2.49. The second-order valence-corrected chi connectivity index (χ2v) is 8.61. The highest BCUT2D eigenvalue weighted by molar-refractivity contribution is 6.31. The summed E-state index contributed by atoms with van der Waals surface area (Å²) in [6.07, 6.45) is 8.11. The molecule has 8 nitrogen and oxygen atoms in total. The third-order valence-electron chi connectivity index (χ3n) is 5.80. The molecule has 1 aromatic carbocycles. The summed E-state index contributed by atoms with van der Waals surface area (Å²) in [5, 5.41) is 5.32. The Labute approximate surface area is 206 Å². The molecular weight excluding hydrogens is 475 g/mol. The number of hydrogen-bond acceptors (Lipinski definition) is 5. The second kappa shape index (κ2) is 11.1. The lowest BCUT2D eigenvalue weighted by Gasteiger charge is -2.32. The normalized spacial score (nSPS) is 14.3. The summed E-state index contributed by atoms with van der Waals surface area (Å²) in [6, 6.07) is 8.97. The van der Waals surface area contributed by atoms with Crippen molar-refractivity contribution in [3.05, 3.63) is 83.3 Å². The van der Waals surface area contributed by atoms with E-state index >= 15 is 0 Å². The minimum Gasteiger partial charge on any atom is -0.459 e. The summed E-state index contributed by atoms with van der Waals surface area (Å²) in [7, 11) is 0. The monoisotopic (exact) mass is 498 g/mol. The van der Waals surface area contributed by atoms with Crippen LogP contribution in [-0.4, -0.2) is 35.3 Å². The van der Waals surface area contributed by atoms with Gasteiger partial charge >= 0.3 is 0 Å². The summed E-state index contributed by atoms with van der Waals surface area (Å²) < 4.78 is 19.0. The van der Waals surface area contributed by atoms with Gasteiger partial charge in [-0.1, -0.05) is 30.5 Å². The number of rotatable bonds is 8. The first-order valence-corrected chi connectivity index (χ1v) is 11.6. The lowest BCUT2D eigenvalue weighted by molar-refractivity contribution is -0.126. The van der Waals surface area contributed by atoms with Crippen molar-refractivity contribution in [3.63, 3.8) is 0 Å². The first kappa shape index (κ1) is 24.4. The van der Waals surface area contributed by atoms with Crippen LogP contribution in [0.2, 0.25) is 5.02 Å². The molecule has 3 aromatic rings. The largest absolute Gasteiger partial charge is 0.459 e. The average molecular weight is 499 g/mol. The molecule has 0 radical (unpaired) electrons. The number of halogens is 2. The Hall–Kier alpha value is -3.72. The zero-order valence-corrected chi connectivity index (χ0v) is 19.5. The van der Waals surface area contributed by atoms with Gasteiger partial charge < -0.3 is 15.1 Å². The molecule has 1 aliphatic rings. The summed E-state index contributed by atoms with van der Waals surface area (Å²) in [5.74, 6) is -2.23. The molecule has 0 bridgehead atoms. The van der Waals surface area contributed by atoms with Gasteiger partial charge in [0.05, 0.1) is 17.8 Å². The Morgan fingerprint density at radius 2 is 1.97 bits per heavy atom. The van der Waals surface area contributed by atoms with E-state index < -0.39 is 36.1 Å². The van der Waals surface area contributed by atoms with E-state index in [1.54, 1.807) is 24.4 Å². The fourth-order valence-corrected chi connectivity index (χ4v) is 4.29. The summed E-state index contributed by atoms with van der Waals surface area (Å²) in [5.41, 5.74) is 0.651. The van der Waals surface area contributed by atoms with Crippen LogP contribution >= 0.6 is 11.6 Å².